The molecule has 1 aliphatic carbocycles. The number of ether oxygens (including phenoxy) is 1. The quantitative estimate of drug-likeness (QED) is 0.815. The number of benzene rings is 1. The normalized spacial score (nSPS) is 23.3. The molecule has 2 atom stereocenters. The lowest BCUT2D eigenvalue weighted by molar-refractivity contribution is -0.274. The number of para-hydroxylation sites is 1. The minimum Gasteiger partial charge on any atom is -0.405 e. The van der Waals surface area contributed by atoms with Gasteiger partial charge in [-0.25, -0.2) is 0 Å². The number of halogens is 3. The molecule has 0 heterocycles. The van der Waals surface area contributed by atoms with E-state index in [9.17, 15) is 18.0 Å². The van der Waals surface area contributed by atoms with Gasteiger partial charge in [0, 0.05) is 5.92 Å². The maximum atomic E-state index is 12.2. The summed E-state index contributed by atoms with van der Waals surface area (Å²) >= 11 is 0. The summed E-state index contributed by atoms with van der Waals surface area (Å²) in [7, 11) is 0. The van der Waals surface area contributed by atoms with Crippen LogP contribution < -0.4 is 4.74 Å². The molecule has 0 aromatic heterocycles. The van der Waals surface area contributed by atoms with Crippen LogP contribution in [0.4, 0.5) is 13.2 Å². The molecule has 0 bridgehead atoms. The molecule has 1 aliphatic rings. The third-order valence-corrected chi connectivity index (χ3v) is 2.86. The molecule has 0 amide bonds. The monoisotopic (exact) mass is 244 g/mol. The summed E-state index contributed by atoms with van der Waals surface area (Å²) in [6, 6.07) is 5.98. The summed E-state index contributed by atoms with van der Waals surface area (Å²) in [5.74, 6) is -0.482. The van der Waals surface area contributed by atoms with Crippen molar-refractivity contribution < 1.29 is 22.7 Å². The van der Waals surface area contributed by atoms with Gasteiger partial charge in [-0.15, -0.1) is 13.2 Å². The Hall–Kier alpha value is -1.52. The van der Waals surface area contributed by atoms with E-state index in [1.54, 1.807) is 12.1 Å². The van der Waals surface area contributed by atoms with E-state index < -0.39 is 6.36 Å². The van der Waals surface area contributed by atoms with Crippen molar-refractivity contribution in [1.29, 1.82) is 0 Å². The second-order valence-electron chi connectivity index (χ2n) is 4.14. The Labute approximate surface area is 96.4 Å². The third-order valence-electron chi connectivity index (χ3n) is 2.86. The predicted octanol–water partition coefficient (Wildman–Crippen LogP) is 3.28. The van der Waals surface area contributed by atoms with Gasteiger partial charge < -0.3 is 4.74 Å². The van der Waals surface area contributed by atoms with Crippen LogP contribution in [-0.2, 0) is 4.79 Å². The molecule has 0 aliphatic heterocycles. The molecular weight excluding hydrogens is 233 g/mol. The van der Waals surface area contributed by atoms with Crippen molar-refractivity contribution in [3.05, 3.63) is 29.8 Å². The van der Waals surface area contributed by atoms with Crippen molar-refractivity contribution in [2.75, 3.05) is 0 Å². The van der Waals surface area contributed by atoms with Gasteiger partial charge in [-0.05, 0) is 30.9 Å². The van der Waals surface area contributed by atoms with Gasteiger partial charge in [0.05, 0.1) is 0 Å². The molecule has 1 aromatic carbocycles. The second-order valence-corrected chi connectivity index (χ2v) is 4.14. The maximum absolute atomic E-state index is 12.2. The van der Waals surface area contributed by atoms with Crippen LogP contribution in [0.3, 0.4) is 0 Å². The van der Waals surface area contributed by atoms with Gasteiger partial charge in [0.2, 0.25) is 0 Å². The molecule has 1 fully saturated rings. The topological polar surface area (TPSA) is 26.3 Å². The van der Waals surface area contributed by atoms with Gasteiger partial charge in [-0.3, -0.25) is 4.79 Å². The first kappa shape index (κ1) is 12.0. The molecule has 1 saturated carbocycles. The molecule has 0 radical (unpaired) electrons. The minimum atomic E-state index is -4.70. The van der Waals surface area contributed by atoms with Crippen molar-refractivity contribution in [2.45, 2.75) is 25.6 Å². The number of alkyl halides is 3. The molecular formula is C12H11F3O2. The van der Waals surface area contributed by atoms with E-state index in [1.807, 2.05) is 0 Å². The van der Waals surface area contributed by atoms with E-state index in [2.05, 4.69) is 4.74 Å². The minimum absolute atomic E-state index is 0.0109. The van der Waals surface area contributed by atoms with Crippen LogP contribution in [0.25, 0.3) is 0 Å². The molecule has 2 rings (SSSR count). The molecule has 1 aromatic rings. The van der Waals surface area contributed by atoms with Gasteiger partial charge in [0.15, 0.2) is 0 Å². The fourth-order valence-electron chi connectivity index (χ4n) is 1.99. The zero-order valence-electron chi connectivity index (χ0n) is 9.12. The van der Waals surface area contributed by atoms with E-state index >= 15 is 0 Å². The standard InChI is InChI=1S/C12H11F3O2/c1-7(16)9-6-10(9)8-4-2-3-5-11(8)17-12(13,14)15/h2-5,9-10H,6H2,1H3/t9-,10-/m1/s1. The number of hydrogen-bond acceptors (Lipinski definition) is 2. The summed E-state index contributed by atoms with van der Waals surface area (Å²) in [6.07, 6.45) is -4.09. The van der Waals surface area contributed by atoms with Crippen LogP contribution in [0.1, 0.15) is 24.8 Å². The van der Waals surface area contributed by atoms with E-state index in [0.29, 0.717) is 12.0 Å². The Morgan fingerprint density at radius 1 is 1.35 bits per heavy atom. The van der Waals surface area contributed by atoms with Crippen molar-refractivity contribution in [3.63, 3.8) is 0 Å². The molecule has 0 spiro atoms. The van der Waals surface area contributed by atoms with Gasteiger partial charge in [0.1, 0.15) is 11.5 Å². The van der Waals surface area contributed by atoms with Crippen molar-refractivity contribution >= 4 is 5.78 Å². The van der Waals surface area contributed by atoms with E-state index in [1.165, 1.54) is 19.1 Å². The Morgan fingerprint density at radius 3 is 2.53 bits per heavy atom. The highest BCUT2D eigenvalue weighted by atomic mass is 19.4. The van der Waals surface area contributed by atoms with Crippen molar-refractivity contribution in [1.82, 2.24) is 0 Å². The number of ketones is 1. The molecule has 0 unspecified atom stereocenters. The van der Waals surface area contributed by atoms with Gasteiger partial charge >= 0.3 is 6.36 Å². The lowest BCUT2D eigenvalue weighted by atomic mass is 10.1. The van der Waals surface area contributed by atoms with Crippen LogP contribution in [0.15, 0.2) is 24.3 Å². The summed E-state index contributed by atoms with van der Waals surface area (Å²) in [4.78, 5) is 11.1. The lowest BCUT2D eigenvalue weighted by Gasteiger charge is -2.12. The Bertz CT molecular complexity index is 440. The summed E-state index contributed by atoms with van der Waals surface area (Å²) in [6.45, 7) is 1.46. The molecule has 2 nitrogen and oxygen atoms in total. The number of hydrogen-bond donors (Lipinski definition) is 0. The zero-order chi connectivity index (χ0) is 12.6. The first-order valence-electron chi connectivity index (χ1n) is 5.23. The fourth-order valence-corrected chi connectivity index (χ4v) is 1.99. The second kappa shape index (κ2) is 4.05. The summed E-state index contributed by atoms with van der Waals surface area (Å²) < 4.78 is 40.5. The molecule has 17 heavy (non-hydrogen) atoms. The van der Waals surface area contributed by atoms with Crippen LogP contribution in [0.5, 0.6) is 5.75 Å². The molecule has 92 valence electrons. The largest absolute Gasteiger partial charge is 0.573 e. The fraction of sp³-hybridized carbons (Fsp3) is 0.417. The number of carbonyl (C=O) groups excluding carboxylic acids is 1. The Balaban J connectivity index is 2.21. The summed E-state index contributed by atoms with van der Waals surface area (Å²) in [5.41, 5.74) is 0.463. The van der Waals surface area contributed by atoms with Gasteiger partial charge in [0.25, 0.3) is 0 Å². The third kappa shape index (κ3) is 2.78. The highest BCUT2D eigenvalue weighted by molar-refractivity contribution is 5.82. The van der Waals surface area contributed by atoms with Gasteiger partial charge in [-0.1, -0.05) is 18.2 Å². The van der Waals surface area contributed by atoms with Gasteiger partial charge in [-0.2, -0.15) is 0 Å². The first-order valence-corrected chi connectivity index (χ1v) is 5.23. The van der Waals surface area contributed by atoms with E-state index in [4.69, 9.17) is 0 Å². The van der Waals surface area contributed by atoms with E-state index in [0.717, 1.165) is 0 Å². The highest BCUT2D eigenvalue weighted by Crippen LogP contribution is 2.51. The summed E-state index contributed by atoms with van der Waals surface area (Å²) in [5, 5.41) is 0. The van der Waals surface area contributed by atoms with Crippen LogP contribution in [-0.4, -0.2) is 12.1 Å². The van der Waals surface area contributed by atoms with Crippen LogP contribution in [0.2, 0.25) is 0 Å². The Kier molecular flexibility index (Phi) is 2.85. The number of rotatable bonds is 3. The van der Waals surface area contributed by atoms with Crippen molar-refractivity contribution in [2.24, 2.45) is 5.92 Å². The molecule has 0 N–H and O–H groups in total. The number of carbonyl (C=O) groups is 1. The zero-order valence-corrected chi connectivity index (χ0v) is 9.12. The van der Waals surface area contributed by atoms with Crippen LogP contribution in [0, 0.1) is 5.92 Å². The lowest BCUT2D eigenvalue weighted by Crippen LogP contribution is -2.18. The Morgan fingerprint density at radius 2 is 2.00 bits per heavy atom. The maximum Gasteiger partial charge on any atom is 0.573 e. The highest BCUT2D eigenvalue weighted by Gasteiger charge is 2.44. The van der Waals surface area contributed by atoms with E-state index in [-0.39, 0.29) is 23.4 Å². The molecule has 0 saturated heterocycles. The molecule has 5 heteroatoms. The smallest absolute Gasteiger partial charge is 0.405 e. The van der Waals surface area contributed by atoms with Crippen molar-refractivity contribution in [3.8, 4) is 5.75 Å². The predicted molar refractivity (Wildman–Crippen MR) is 54.7 cm³/mol. The number of Topliss-reactive ketones (excluding diaryl/α,β-unsaturated/α-hetero) is 1. The first-order chi connectivity index (χ1) is 7.88. The average Bonchev–Trinajstić information content (AvgIpc) is 2.95. The average molecular weight is 244 g/mol. The SMILES string of the molecule is CC(=O)[C@H]1C[C@@H]1c1ccccc1OC(F)(F)F. The van der Waals surface area contributed by atoms with Crippen LogP contribution >= 0.6 is 0 Å².